The zero-order valence-corrected chi connectivity index (χ0v) is 23.7. The molecule has 1 aliphatic rings. The van der Waals surface area contributed by atoms with Crippen LogP contribution in [0.15, 0.2) is 29.7 Å². The van der Waals surface area contributed by atoms with Crippen molar-refractivity contribution < 1.29 is 39.6 Å². The molecule has 0 spiro atoms. The Hall–Kier alpha value is -3.62. The molecule has 0 aromatic carbocycles. The standard InChI is InChI=1S/C17H26N4S2.2C4H4O4/c1-13-12-22-17(18-13)21-10-8-20(9-11-21)7-5-4-6-16-14(2)19-15(3)23-16;2*5-3(6)1-2-4(7)8/h12H,4-11H2,1-3H3;2*1-2H,(H,5,6)(H,7,8)/b;2*2-1-. The summed E-state index contributed by atoms with van der Waals surface area (Å²) in [4.78, 5) is 53.8. The first-order valence-electron chi connectivity index (χ1n) is 12.0. The van der Waals surface area contributed by atoms with Crippen molar-refractivity contribution in [2.75, 3.05) is 37.6 Å². The van der Waals surface area contributed by atoms with E-state index in [1.165, 1.54) is 46.5 Å². The second kappa shape index (κ2) is 17.8. The molecule has 0 unspecified atom stereocenters. The molecule has 1 aliphatic heterocycles. The van der Waals surface area contributed by atoms with E-state index in [1.54, 1.807) is 11.3 Å². The summed E-state index contributed by atoms with van der Waals surface area (Å²) in [7, 11) is 0. The maximum Gasteiger partial charge on any atom is 0.328 e. The number of hydrogen-bond donors (Lipinski definition) is 4. The van der Waals surface area contributed by atoms with Crippen molar-refractivity contribution in [1.82, 2.24) is 14.9 Å². The van der Waals surface area contributed by atoms with Crippen LogP contribution in [0.2, 0.25) is 0 Å². The van der Waals surface area contributed by atoms with Gasteiger partial charge in [0.05, 0.1) is 16.4 Å². The summed E-state index contributed by atoms with van der Waals surface area (Å²) < 4.78 is 0. The molecule has 3 rings (SSSR count). The van der Waals surface area contributed by atoms with Gasteiger partial charge in [-0.05, 0) is 46.6 Å². The Morgan fingerprint density at radius 1 is 0.821 bits per heavy atom. The second-order valence-corrected chi connectivity index (χ2v) is 10.4. The number of nitrogens with zero attached hydrogens (tertiary/aromatic N) is 4. The lowest BCUT2D eigenvalue weighted by Gasteiger charge is -2.34. The summed E-state index contributed by atoms with van der Waals surface area (Å²) in [5, 5.41) is 35.8. The number of thiazole rings is 2. The Morgan fingerprint density at radius 3 is 1.72 bits per heavy atom. The van der Waals surface area contributed by atoms with Gasteiger partial charge in [0.25, 0.3) is 0 Å². The zero-order chi connectivity index (χ0) is 29.4. The lowest BCUT2D eigenvalue weighted by molar-refractivity contribution is -0.134. The normalized spacial score (nSPS) is 13.5. The topological polar surface area (TPSA) is 181 Å². The van der Waals surface area contributed by atoms with Crippen LogP contribution in [0.1, 0.15) is 34.1 Å². The molecule has 1 fully saturated rings. The van der Waals surface area contributed by atoms with E-state index in [1.807, 2.05) is 11.3 Å². The number of carboxylic acid groups (broad SMARTS) is 4. The summed E-state index contributed by atoms with van der Waals surface area (Å²) in [6.07, 6.45) is 5.98. The molecule has 0 bridgehead atoms. The molecule has 2 aromatic rings. The third-order valence-electron chi connectivity index (χ3n) is 5.11. The second-order valence-electron chi connectivity index (χ2n) is 8.32. The number of carboxylic acids is 4. The van der Waals surface area contributed by atoms with Crippen molar-refractivity contribution in [2.24, 2.45) is 0 Å². The minimum absolute atomic E-state index is 0.558. The van der Waals surface area contributed by atoms with E-state index in [-0.39, 0.29) is 0 Å². The highest BCUT2D eigenvalue weighted by Crippen LogP contribution is 2.22. The molecule has 0 saturated carbocycles. The molecule has 0 aliphatic carbocycles. The van der Waals surface area contributed by atoms with Crippen LogP contribution in [0.3, 0.4) is 0 Å². The molecule has 12 nitrogen and oxygen atoms in total. The number of unbranched alkanes of at least 4 members (excludes halogenated alkanes) is 1. The molecule has 0 amide bonds. The molecule has 2 aromatic heterocycles. The maximum absolute atomic E-state index is 9.55. The van der Waals surface area contributed by atoms with E-state index < -0.39 is 23.9 Å². The van der Waals surface area contributed by atoms with Gasteiger partial charge in [-0.25, -0.2) is 29.1 Å². The SMILES string of the molecule is Cc1csc(N2CCN(CCCCc3sc(C)nc3C)CC2)n1.O=C(O)/C=C\C(=O)O.O=C(O)/C=C\C(=O)O. The van der Waals surface area contributed by atoms with Gasteiger partial charge in [0.1, 0.15) is 0 Å². The number of rotatable bonds is 10. The lowest BCUT2D eigenvalue weighted by atomic mass is 10.2. The van der Waals surface area contributed by atoms with Crippen molar-refractivity contribution >= 4 is 51.7 Å². The Kier molecular flexibility index (Phi) is 15.3. The molecule has 214 valence electrons. The summed E-state index contributed by atoms with van der Waals surface area (Å²) >= 11 is 3.63. The lowest BCUT2D eigenvalue weighted by Crippen LogP contribution is -2.46. The molecule has 4 N–H and O–H groups in total. The van der Waals surface area contributed by atoms with Gasteiger partial charge < -0.3 is 25.3 Å². The fraction of sp³-hybridized carbons (Fsp3) is 0.440. The molecule has 14 heteroatoms. The average molecular weight is 583 g/mol. The summed E-state index contributed by atoms with van der Waals surface area (Å²) in [6, 6.07) is 0. The van der Waals surface area contributed by atoms with Gasteiger partial charge in [0.2, 0.25) is 0 Å². The monoisotopic (exact) mass is 582 g/mol. The highest BCUT2D eigenvalue weighted by Gasteiger charge is 2.18. The molecular formula is C25H34N4O8S2. The third-order valence-corrected chi connectivity index (χ3v) is 7.27. The van der Waals surface area contributed by atoms with Gasteiger partial charge in [0, 0.05) is 60.7 Å². The molecule has 0 radical (unpaired) electrons. The van der Waals surface area contributed by atoms with E-state index in [9.17, 15) is 19.2 Å². The fourth-order valence-electron chi connectivity index (χ4n) is 3.36. The van der Waals surface area contributed by atoms with E-state index in [0.29, 0.717) is 24.3 Å². The van der Waals surface area contributed by atoms with E-state index in [2.05, 4.69) is 45.9 Å². The van der Waals surface area contributed by atoms with E-state index in [0.717, 1.165) is 31.9 Å². The first-order chi connectivity index (χ1) is 18.4. The van der Waals surface area contributed by atoms with Crippen LogP contribution in [0.5, 0.6) is 0 Å². The summed E-state index contributed by atoms with van der Waals surface area (Å²) in [5.41, 5.74) is 2.38. The van der Waals surface area contributed by atoms with Crippen molar-refractivity contribution in [3.05, 3.63) is 51.0 Å². The predicted octanol–water partition coefficient (Wildman–Crippen LogP) is 3.09. The van der Waals surface area contributed by atoms with Crippen LogP contribution < -0.4 is 4.90 Å². The van der Waals surface area contributed by atoms with Crippen molar-refractivity contribution in [1.29, 1.82) is 0 Å². The summed E-state index contributed by atoms with van der Waals surface area (Å²) in [5.74, 6) is -5.03. The highest BCUT2D eigenvalue weighted by molar-refractivity contribution is 7.13. The minimum atomic E-state index is -1.26. The van der Waals surface area contributed by atoms with Gasteiger partial charge in [-0.2, -0.15) is 0 Å². The van der Waals surface area contributed by atoms with Crippen LogP contribution in [0.4, 0.5) is 5.13 Å². The van der Waals surface area contributed by atoms with Gasteiger partial charge in [-0.15, -0.1) is 22.7 Å². The molecule has 3 heterocycles. The number of aromatic nitrogens is 2. The highest BCUT2D eigenvalue weighted by atomic mass is 32.1. The first kappa shape index (κ1) is 33.4. The van der Waals surface area contributed by atoms with Crippen molar-refractivity contribution in [2.45, 2.75) is 40.0 Å². The number of carbonyl (C=O) groups is 4. The average Bonchev–Trinajstić information content (AvgIpc) is 3.44. The summed E-state index contributed by atoms with van der Waals surface area (Å²) in [6.45, 7) is 12.1. The third kappa shape index (κ3) is 15.4. The molecule has 0 atom stereocenters. The molecular weight excluding hydrogens is 548 g/mol. The zero-order valence-electron chi connectivity index (χ0n) is 22.1. The number of piperazine rings is 1. The van der Waals surface area contributed by atoms with E-state index in [4.69, 9.17) is 20.4 Å². The number of anilines is 1. The van der Waals surface area contributed by atoms with Crippen LogP contribution in [0, 0.1) is 20.8 Å². The van der Waals surface area contributed by atoms with Crippen molar-refractivity contribution in [3.8, 4) is 0 Å². The minimum Gasteiger partial charge on any atom is -0.478 e. The number of hydrogen-bond acceptors (Lipinski definition) is 10. The molecule has 39 heavy (non-hydrogen) atoms. The maximum atomic E-state index is 9.55. The quantitative estimate of drug-likeness (QED) is 0.238. The Bertz CT molecular complexity index is 1080. The predicted molar refractivity (Wildman–Crippen MR) is 149 cm³/mol. The van der Waals surface area contributed by atoms with Gasteiger partial charge >= 0.3 is 23.9 Å². The van der Waals surface area contributed by atoms with Crippen LogP contribution in [0.25, 0.3) is 0 Å². The van der Waals surface area contributed by atoms with Gasteiger partial charge in [0.15, 0.2) is 5.13 Å². The Balaban J connectivity index is 0.000000393. The van der Waals surface area contributed by atoms with Crippen LogP contribution >= 0.6 is 22.7 Å². The first-order valence-corrected chi connectivity index (χ1v) is 13.7. The Labute approximate surface area is 234 Å². The van der Waals surface area contributed by atoms with Crippen LogP contribution in [-0.2, 0) is 25.6 Å². The van der Waals surface area contributed by atoms with Gasteiger partial charge in [-0.1, -0.05) is 0 Å². The largest absolute Gasteiger partial charge is 0.478 e. The van der Waals surface area contributed by atoms with Crippen LogP contribution in [-0.4, -0.2) is 91.9 Å². The van der Waals surface area contributed by atoms with Gasteiger partial charge in [-0.3, -0.25) is 4.90 Å². The van der Waals surface area contributed by atoms with Crippen molar-refractivity contribution in [3.63, 3.8) is 0 Å². The van der Waals surface area contributed by atoms with E-state index >= 15 is 0 Å². The molecule has 1 saturated heterocycles. The fourth-order valence-corrected chi connectivity index (χ4v) is 5.20. The Morgan fingerprint density at radius 2 is 1.33 bits per heavy atom. The smallest absolute Gasteiger partial charge is 0.328 e. The number of aryl methyl sites for hydroxylation is 4. The number of aliphatic carboxylic acids is 4.